The van der Waals surface area contributed by atoms with Gasteiger partial charge in [-0.25, -0.2) is 0 Å². The lowest BCUT2D eigenvalue weighted by atomic mass is 9.80. The molecule has 0 amide bonds. The molecule has 232 valence electrons. The minimum atomic E-state index is -0.666. The Balaban J connectivity index is 0.000000231. The van der Waals surface area contributed by atoms with Crippen LogP contribution in [0.25, 0.3) is 0 Å². The van der Waals surface area contributed by atoms with Crippen LogP contribution >= 0.6 is 0 Å². The van der Waals surface area contributed by atoms with Gasteiger partial charge in [0.1, 0.15) is 0 Å². The minimum absolute atomic E-state index is 0.0438. The first-order valence-electron chi connectivity index (χ1n) is 15.6. The minimum Gasteiger partial charge on any atom is -0.481 e. The highest BCUT2D eigenvalue weighted by Crippen LogP contribution is 2.36. The number of nitrogens with zero attached hydrogens (tertiary/aromatic N) is 2. The number of rotatable bonds is 5. The summed E-state index contributed by atoms with van der Waals surface area (Å²) < 4.78 is 5.22. The van der Waals surface area contributed by atoms with Gasteiger partial charge in [-0.3, -0.25) is 9.59 Å². The molecule has 2 saturated heterocycles. The van der Waals surface area contributed by atoms with Gasteiger partial charge in [0.15, 0.2) is 0 Å². The lowest BCUT2D eigenvalue weighted by Gasteiger charge is -2.38. The van der Waals surface area contributed by atoms with Crippen molar-refractivity contribution in [2.75, 3.05) is 42.6 Å². The molecule has 42 heavy (non-hydrogen) atoms. The molecule has 0 aromatic heterocycles. The fourth-order valence-electron chi connectivity index (χ4n) is 5.58. The Morgan fingerprint density at radius 1 is 0.690 bits per heavy atom. The summed E-state index contributed by atoms with van der Waals surface area (Å²) in [5.41, 5.74) is 4.60. The number of ether oxygens (including phenoxy) is 1. The molecule has 0 spiro atoms. The van der Waals surface area contributed by atoms with Gasteiger partial charge >= 0.3 is 11.9 Å². The van der Waals surface area contributed by atoms with E-state index in [1.165, 1.54) is 22.5 Å². The molecule has 4 rings (SSSR count). The highest BCUT2D eigenvalue weighted by molar-refractivity contribution is 5.77. The molecule has 6 nitrogen and oxygen atoms in total. The van der Waals surface area contributed by atoms with E-state index in [4.69, 9.17) is 4.74 Å². The van der Waals surface area contributed by atoms with Crippen molar-refractivity contribution in [3.05, 3.63) is 59.7 Å². The van der Waals surface area contributed by atoms with Crippen molar-refractivity contribution in [1.82, 2.24) is 0 Å². The van der Waals surface area contributed by atoms with Crippen molar-refractivity contribution >= 4 is 23.3 Å². The first-order chi connectivity index (χ1) is 19.5. The van der Waals surface area contributed by atoms with Gasteiger partial charge in [0.05, 0.1) is 17.4 Å². The molecule has 0 atom stereocenters. The summed E-state index contributed by atoms with van der Waals surface area (Å²) in [5, 5.41) is 9.26. The fourth-order valence-corrected chi connectivity index (χ4v) is 5.58. The number of hydrogen-bond acceptors (Lipinski definition) is 5. The molecular weight excluding hydrogens is 524 g/mol. The molecule has 2 aromatic carbocycles. The van der Waals surface area contributed by atoms with Crippen molar-refractivity contribution in [3.8, 4) is 0 Å². The zero-order chi connectivity index (χ0) is 31.3. The number of hydrogen-bond donors (Lipinski definition) is 1. The van der Waals surface area contributed by atoms with E-state index in [1.54, 1.807) is 0 Å². The number of carboxylic acid groups (broad SMARTS) is 1. The number of esters is 1. The van der Waals surface area contributed by atoms with Gasteiger partial charge in [-0.15, -0.1) is 0 Å². The van der Waals surface area contributed by atoms with Crippen molar-refractivity contribution < 1.29 is 19.4 Å². The van der Waals surface area contributed by atoms with Crippen LogP contribution in [0.5, 0.6) is 0 Å². The van der Waals surface area contributed by atoms with Gasteiger partial charge in [-0.2, -0.15) is 0 Å². The smallest absolute Gasteiger partial charge is 0.311 e. The molecule has 2 aliphatic heterocycles. The van der Waals surface area contributed by atoms with E-state index in [0.29, 0.717) is 19.4 Å². The number of carbonyl (C=O) groups is 2. The van der Waals surface area contributed by atoms with Gasteiger partial charge in [0.25, 0.3) is 0 Å². The van der Waals surface area contributed by atoms with Crippen LogP contribution in [0.15, 0.2) is 48.5 Å². The van der Waals surface area contributed by atoms with Crippen LogP contribution in [-0.4, -0.2) is 49.8 Å². The lowest BCUT2D eigenvalue weighted by molar-refractivity contribution is -0.155. The summed E-state index contributed by atoms with van der Waals surface area (Å²) in [4.78, 5) is 28.0. The first kappa shape index (κ1) is 33.5. The zero-order valence-electron chi connectivity index (χ0n) is 27.5. The van der Waals surface area contributed by atoms with Crippen LogP contribution in [0.4, 0.5) is 11.4 Å². The van der Waals surface area contributed by atoms with Gasteiger partial charge in [-0.1, -0.05) is 65.8 Å². The number of benzene rings is 2. The SMILES string of the molecule is CC1(C(=O)O)CCN(c2ccc(C(C)(C)C)cc2)CC1.CCOC(=O)C1(C)CCN(c2ccc(C(C)(C)C)cc2)CC1. The summed E-state index contributed by atoms with van der Waals surface area (Å²) in [6.07, 6.45) is 3.13. The molecule has 2 aliphatic rings. The summed E-state index contributed by atoms with van der Waals surface area (Å²) in [6.45, 7) is 23.0. The largest absolute Gasteiger partial charge is 0.481 e. The number of carbonyl (C=O) groups excluding carboxylic acids is 1. The third-order valence-electron chi connectivity index (χ3n) is 9.22. The molecule has 0 saturated carbocycles. The molecule has 0 unspecified atom stereocenters. The second kappa shape index (κ2) is 13.1. The molecule has 0 aliphatic carbocycles. The van der Waals surface area contributed by atoms with Crippen LogP contribution < -0.4 is 9.80 Å². The van der Waals surface area contributed by atoms with Crippen LogP contribution in [0, 0.1) is 10.8 Å². The van der Waals surface area contributed by atoms with Crippen LogP contribution in [0.3, 0.4) is 0 Å². The molecule has 2 heterocycles. The number of aliphatic carboxylic acids is 1. The van der Waals surface area contributed by atoms with Crippen molar-refractivity contribution in [3.63, 3.8) is 0 Å². The van der Waals surface area contributed by atoms with Crippen molar-refractivity contribution in [2.45, 2.75) is 98.8 Å². The van der Waals surface area contributed by atoms with Gasteiger partial charge in [0, 0.05) is 37.6 Å². The summed E-state index contributed by atoms with van der Waals surface area (Å²) in [6, 6.07) is 17.5. The quantitative estimate of drug-likeness (QED) is 0.365. The lowest BCUT2D eigenvalue weighted by Crippen LogP contribution is -2.43. The van der Waals surface area contributed by atoms with E-state index in [-0.39, 0.29) is 22.2 Å². The normalized spacial score (nSPS) is 18.5. The number of piperidine rings is 2. The number of anilines is 2. The van der Waals surface area contributed by atoms with E-state index >= 15 is 0 Å². The molecule has 2 fully saturated rings. The Bertz CT molecular complexity index is 1170. The average Bonchev–Trinajstić information content (AvgIpc) is 2.93. The maximum absolute atomic E-state index is 12.1. The predicted molar refractivity (Wildman–Crippen MR) is 174 cm³/mol. The van der Waals surface area contributed by atoms with E-state index in [1.807, 2.05) is 20.8 Å². The zero-order valence-corrected chi connectivity index (χ0v) is 27.5. The second-order valence-corrected chi connectivity index (χ2v) is 14.7. The Hall–Kier alpha value is -3.02. The van der Waals surface area contributed by atoms with Gasteiger partial charge in [-0.05, 0) is 92.7 Å². The molecule has 6 heteroatoms. The number of carboxylic acids is 1. The summed E-state index contributed by atoms with van der Waals surface area (Å²) in [5.74, 6) is -0.710. The van der Waals surface area contributed by atoms with Gasteiger partial charge in [0.2, 0.25) is 0 Å². The highest BCUT2D eigenvalue weighted by Gasteiger charge is 2.38. The van der Waals surface area contributed by atoms with E-state index < -0.39 is 11.4 Å². The second-order valence-electron chi connectivity index (χ2n) is 14.7. The molecule has 1 N–H and O–H groups in total. The van der Waals surface area contributed by atoms with E-state index in [0.717, 1.165) is 39.0 Å². The predicted octanol–water partition coefficient (Wildman–Crippen LogP) is 7.83. The summed E-state index contributed by atoms with van der Waals surface area (Å²) in [7, 11) is 0. The van der Waals surface area contributed by atoms with Crippen LogP contribution in [-0.2, 0) is 25.2 Å². The third kappa shape index (κ3) is 8.29. The van der Waals surface area contributed by atoms with Crippen LogP contribution in [0.2, 0.25) is 0 Å². The molecule has 2 aromatic rings. The molecule has 0 radical (unpaired) electrons. The highest BCUT2D eigenvalue weighted by atomic mass is 16.5. The monoisotopic (exact) mass is 578 g/mol. The van der Waals surface area contributed by atoms with E-state index in [2.05, 4.69) is 99.9 Å². The van der Waals surface area contributed by atoms with Crippen molar-refractivity contribution in [2.24, 2.45) is 10.8 Å². The Morgan fingerprint density at radius 2 is 1.02 bits per heavy atom. The third-order valence-corrected chi connectivity index (χ3v) is 9.22. The van der Waals surface area contributed by atoms with Crippen LogP contribution in [0.1, 0.15) is 99.1 Å². The Labute approximate surface area is 254 Å². The topological polar surface area (TPSA) is 70.1 Å². The van der Waals surface area contributed by atoms with E-state index in [9.17, 15) is 14.7 Å². The summed E-state index contributed by atoms with van der Waals surface area (Å²) >= 11 is 0. The standard InChI is InChI=1S/C19H29NO2.C17H25NO2/c1-6-22-17(21)19(5)11-13-20(14-12-19)16-9-7-15(8-10-16)18(2,3)4;1-16(2,3)13-5-7-14(8-6-13)18-11-9-17(4,10-12-18)15(19)20/h7-10H,6,11-14H2,1-5H3;5-8H,9-12H2,1-4H3,(H,19,20). The molecular formula is C36H54N2O4. The fraction of sp³-hybridized carbons (Fsp3) is 0.611. The van der Waals surface area contributed by atoms with Crippen molar-refractivity contribution in [1.29, 1.82) is 0 Å². The maximum atomic E-state index is 12.1. The average molecular weight is 579 g/mol. The van der Waals surface area contributed by atoms with Gasteiger partial charge < -0.3 is 19.6 Å². The molecule has 0 bridgehead atoms. The Kier molecular flexibility index (Phi) is 10.4. The maximum Gasteiger partial charge on any atom is 0.311 e. The Morgan fingerprint density at radius 3 is 1.31 bits per heavy atom. The first-order valence-corrected chi connectivity index (χ1v) is 15.6.